The van der Waals surface area contributed by atoms with Crippen LogP contribution in [0, 0.1) is 11.8 Å². The van der Waals surface area contributed by atoms with Crippen LogP contribution in [0.3, 0.4) is 0 Å². The summed E-state index contributed by atoms with van der Waals surface area (Å²) in [5, 5.41) is 15.8. The van der Waals surface area contributed by atoms with E-state index in [1.54, 1.807) is 43.9 Å². The minimum Gasteiger partial charge on any atom is -0.461 e. The Kier molecular flexibility index (Phi) is 24.8. The number of carbonyl (C=O) groups is 6. The van der Waals surface area contributed by atoms with Crippen molar-refractivity contribution in [3.63, 3.8) is 0 Å². The summed E-state index contributed by atoms with van der Waals surface area (Å²) in [6.07, 6.45) is 4.32. The standard InChI is InChI=1S/C48H71ClN8O9/c1-34(2)28-36(29-41(58)23-20-39(55-47(63)66-48(3,4)5)22-25-44(60)64-32-35-14-7-6-8-15-35)30-52-45(61)54-38(21-24-43(59)57-27-13-18-40(57)31-53-56-50)17-11-12-26-51-46(62)65-33-37-16-9-10-19-42(37)49/h6-10,14-16,19,34,36,38-40H,11-13,17-18,20-33H2,1-5H3,(H,51,62)(H,55,63)(H2,52,54,61)/t36-,38+,39-,40+/m1/s1. The molecule has 18 heteroatoms. The molecule has 17 nitrogen and oxygen atoms in total. The predicted molar refractivity (Wildman–Crippen MR) is 252 cm³/mol. The highest BCUT2D eigenvalue weighted by Crippen LogP contribution is 2.22. The van der Waals surface area contributed by atoms with Crippen LogP contribution in [0.15, 0.2) is 59.7 Å². The third kappa shape index (κ3) is 23.6. The van der Waals surface area contributed by atoms with Gasteiger partial charge in [0.1, 0.15) is 24.6 Å². The van der Waals surface area contributed by atoms with Gasteiger partial charge in [0.2, 0.25) is 5.91 Å². The van der Waals surface area contributed by atoms with Crippen LogP contribution in [0.1, 0.15) is 129 Å². The minimum absolute atomic E-state index is 0.0380. The van der Waals surface area contributed by atoms with E-state index in [9.17, 15) is 28.8 Å². The highest BCUT2D eigenvalue weighted by atomic mass is 35.5. The number of ketones is 1. The number of carbonyl (C=O) groups excluding carboxylic acids is 6. The van der Waals surface area contributed by atoms with Gasteiger partial charge in [0.05, 0.1) is 0 Å². The number of esters is 1. The van der Waals surface area contributed by atoms with Crippen LogP contribution in [0.2, 0.25) is 5.02 Å². The zero-order valence-corrected chi connectivity index (χ0v) is 40.1. The fourth-order valence-corrected chi connectivity index (χ4v) is 7.92. The van der Waals surface area contributed by atoms with Crippen molar-refractivity contribution in [1.29, 1.82) is 0 Å². The average Bonchev–Trinajstić information content (AvgIpc) is 3.74. The third-order valence-corrected chi connectivity index (χ3v) is 11.3. The van der Waals surface area contributed by atoms with Gasteiger partial charge in [-0.3, -0.25) is 14.4 Å². The Morgan fingerprint density at radius 1 is 0.848 bits per heavy atom. The number of benzene rings is 2. The summed E-state index contributed by atoms with van der Waals surface area (Å²) in [7, 11) is 0. The number of amides is 5. The van der Waals surface area contributed by atoms with Crippen LogP contribution in [0.25, 0.3) is 10.4 Å². The second-order valence-corrected chi connectivity index (χ2v) is 18.7. The second-order valence-electron chi connectivity index (χ2n) is 18.3. The lowest BCUT2D eigenvalue weighted by atomic mass is 9.90. The second kappa shape index (κ2) is 29.9. The van der Waals surface area contributed by atoms with Crippen LogP contribution >= 0.6 is 11.6 Å². The first-order chi connectivity index (χ1) is 31.5. The number of alkyl carbamates (subject to hydrolysis) is 2. The van der Waals surface area contributed by atoms with Crippen molar-refractivity contribution in [2.24, 2.45) is 17.0 Å². The van der Waals surface area contributed by atoms with E-state index in [1.165, 1.54) is 0 Å². The monoisotopic (exact) mass is 939 g/mol. The van der Waals surface area contributed by atoms with Crippen LogP contribution in [0.4, 0.5) is 14.4 Å². The third-order valence-electron chi connectivity index (χ3n) is 11.0. The summed E-state index contributed by atoms with van der Waals surface area (Å²) in [5.41, 5.74) is 9.63. The van der Waals surface area contributed by atoms with Crippen molar-refractivity contribution in [2.75, 3.05) is 26.2 Å². The van der Waals surface area contributed by atoms with Gasteiger partial charge >= 0.3 is 24.2 Å². The molecule has 1 aliphatic heterocycles. The predicted octanol–water partition coefficient (Wildman–Crippen LogP) is 9.30. The van der Waals surface area contributed by atoms with Gasteiger partial charge in [0.15, 0.2) is 0 Å². The van der Waals surface area contributed by atoms with Crippen LogP contribution in [0.5, 0.6) is 0 Å². The van der Waals surface area contributed by atoms with E-state index in [4.69, 9.17) is 31.3 Å². The Hall–Kier alpha value is -5.54. The fourth-order valence-electron chi connectivity index (χ4n) is 7.73. The summed E-state index contributed by atoms with van der Waals surface area (Å²) < 4.78 is 16.2. The first-order valence-corrected chi connectivity index (χ1v) is 23.6. The van der Waals surface area contributed by atoms with Crippen molar-refractivity contribution in [1.82, 2.24) is 26.2 Å². The molecule has 1 saturated heterocycles. The maximum Gasteiger partial charge on any atom is 0.407 e. The Balaban J connectivity index is 1.55. The van der Waals surface area contributed by atoms with Gasteiger partial charge in [-0.25, -0.2) is 14.4 Å². The molecule has 2 aromatic rings. The molecule has 1 heterocycles. The number of azide groups is 1. The van der Waals surface area contributed by atoms with Crippen molar-refractivity contribution in [2.45, 2.75) is 155 Å². The topological polar surface area (TPSA) is 230 Å². The molecule has 4 N–H and O–H groups in total. The highest BCUT2D eigenvalue weighted by molar-refractivity contribution is 6.31. The molecule has 4 atom stereocenters. The first-order valence-electron chi connectivity index (χ1n) is 23.2. The van der Waals surface area contributed by atoms with E-state index in [0.29, 0.717) is 55.8 Å². The molecule has 5 amide bonds. The molecule has 0 aliphatic carbocycles. The zero-order chi connectivity index (χ0) is 48.3. The van der Waals surface area contributed by atoms with Crippen molar-refractivity contribution >= 4 is 47.5 Å². The summed E-state index contributed by atoms with van der Waals surface area (Å²) >= 11 is 6.16. The van der Waals surface area contributed by atoms with E-state index in [2.05, 4.69) is 31.3 Å². The van der Waals surface area contributed by atoms with Crippen LogP contribution < -0.4 is 21.3 Å². The number of unbranched alkanes of at least 4 members (excludes halogenated alkanes) is 1. The minimum atomic E-state index is -0.736. The number of Topliss-reactive ketones (excluding diaryl/α,β-unsaturated/α-hetero) is 1. The first kappa shape index (κ1) is 54.8. The zero-order valence-electron chi connectivity index (χ0n) is 39.4. The van der Waals surface area contributed by atoms with Gasteiger partial charge in [-0.2, -0.15) is 0 Å². The van der Waals surface area contributed by atoms with E-state index in [0.717, 1.165) is 18.4 Å². The van der Waals surface area contributed by atoms with E-state index in [1.807, 2.05) is 50.2 Å². The summed E-state index contributed by atoms with van der Waals surface area (Å²) in [6.45, 7) is 10.9. The molecule has 0 unspecified atom stereocenters. The number of nitrogens with one attached hydrogen (secondary N) is 4. The molecule has 0 bridgehead atoms. The summed E-state index contributed by atoms with van der Waals surface area (Å²) in [5.74, 6) is -0.448. The van der Waals surface area contributed by atoms with Crippen LogP contribution in [-0.4, -0.2) is 90.7 Å². The average molecular weight is 940 g/mol. The number of hydrogen-bond donors (Lipinski definition) is 4. The molecule has 0 spiro atoms. The van der Waals surface area contributed by atoms with Gasteiger partial charge in [0, 0.05) is 85.5 Å². The SMILES string of the molecule is CC(C)C[C@@H](CNC(=O)N[C@@H](CCCCNC(=O)OCc1ccccc1Cl)CCC(=O)N1CCC[C@H]1CN=[N+]=[N-])CC(=O)CC[C@H](CCC(=O)OCc1ccccc1)NC(=O)OC(C)(C)C. The molecular weight excluding hydrogens is 868 g/mol. The summed E-state index contributed by atoms with van der Waals surface area (Å²) in [6, 6.07) is 15.0. The number of urea groups is 1. The van der Waals surface area contributed by atoms with Gasteiger partial charge < -0.3 is 40.4 Å². The van der Waals surface area contributed by atoms with Crippen molar-refractivity contribution in [3.05, 3.63) is 81.2 Å². The van der Waals surface area contributed by atoms with Gasteiger partial charge in [0.25, 0.3) is 0 Å². The maximum atomic E-state index is 13.5. The molecule has 2 aromatic carbocycles. The quantitative estimate of drug-likeness (QED) is 0.0159. The summed E-state index contributed by atoms with van der Waals surface area (Å²) in [4.78, 5) is 82.5. The highest BCUT2D eigenvalue weighted by Gasteiger charge is 2.29. The number of likely N-dealkylation sites (tertiary alicyclic amines) is 1. The number of rotatable bonds is 28. The Bertz CT molecular complexity index is 1890. The number of halogens is 1. The normalized spacial score (nSPS) is 14.8. The molecule has 0 saturated carbocycles. The van der Waals surface area contributed by atoms with Gasteiger partial charge in [-0.05, 0) is 108 Å². The largest absolute Gasteiger partial charge is 0.461 e. The lowest BCUT2D eigenvalue weighted by Gasteiger charge is -2.25. The van der Waals surface area contributed by atoms with E-state index < -0.39 is 35.8 Å². The molecule has 1 aliphatic rings. The maximum absolute atomic E-state index is 13.5. The molecular formula is C48H71ClN8O9. The molecule has 66 heavy (non-hydrogen) atoms. The van der Waals surface area contributed by atoms with Crippen LogP contribution in [-0.2, 0) is 41.8 Å². The van der Waals surface area contributed by atoms with E-state index >= 15 is 0 Å². The molecule has 364 valence electrons. The van der Waals surface area contributed by atoms with Gasteiger partial charge in [-0.15, -0.1) is 0 Å². The number of nitrogens with zero attached hydrogens (tertiary/aromatic N) is 4. The number of ether oxygens (including phenoxy) is 3. The Morgan fingerprint density at radius 2 is 1.55 bits per heavy atom. The van der Waals surface area contributed by atoms with E-state index in [-0.39, 0.29) is 100 Å². The number of hydrogen-bond acceptors (Lipinski definition) is 10. The van der Waals surface area contributed by atoms with Crippen molar-refractivity contribution < 1.29 is 43.0 Å². The lowest BCUT2D eigenvalue weighted by Crippen LogP contribution is -2.45. The Labute approximate surface area is 394 Å². The molecule has 0 radical (unpaired) electrons. The Morgan fingerprint density at radius 3 is 2.26 bits per heavy atom. The van der Waals surface area contributed by atoms with Crippen molar-refractivity contribution in [3.8, 4) is 0 Å². The molecule has 0 aromatic heterocycles. The lowest BCUT2D eigenvalue weighted by molar-refractivity contribution is -0.145. The smallest absolute Gasteiger partial charge is 0.407 e. The van der Waals surface area contributed by atoms with Gasteiger partial charge in [-0.1, -0.05) is 79.1 Å². The molecule has 1 fully saturated rings. The fraction of sp³-hybridized carbons (Fsp3) is 0.625. The molecule has 3 rings (SSSR count).